The van der Waals surface area contributed by atoms with E-state index in [1.165, 1.54) is 7.11 Å². The Bertz CT molecular complexity index is 648. The third kappa shape index (κ3) is 4.89. The molecule has 1 aromatic carbocycles. The minimum absolute atomic E-state index is 0.202. The molecule has 0 saturated heterocycles. The maximum Gasteiger partial charge on any atom is 0.308 e. The number of rotatable bonds is 6. The molecule has 2 aromatic rings. The number of halogens is 2. The molecular weight excluding hydrogens is 374 g/mol. The summed E-state index contributed by atoms with van der Waals surface area (Å²) in [6, 6.07) is 8.63. The van der Waals surface area contributed by atoms with Crippen LogP contribution in [0.2, 0.25) is 5.02 Å². The van der Waals surface area contributed by atoms with Crippen molar-refractivity contribution < 1.29 is 19.0 Å². The lowest BCUT2D eigenvalue weighted by Crippen LogP contribution is -2.07. The van der Waals surface area contributed by atoms with E-state index in [-0.39, 0.29) is 19.0 Å². The van der Waals surface area contributed by atoms with Crippen LogP contribution in [0, 0.1) is 0 Å². The first kappa shape index (κ1) is 16.6. The smallest absolute Gasteiger partial charge is 0.308 e. The van der Waals surface area contributed by atoms with E-state index in [0.29, 0.717) is 22.4 Å². The molecule has 116 valence electrons. The third-order valence-corrected chi connectivity index (χ3v) is 3.32. The van der Waals surface area contributed by atoms with Crippen LogP contribution in [0.1, 0.15) is 6.42 Å². The molecule has 0 bridgehead atoms. The average molecular weight is 387 g/mol. The van der Waals surface area contributed by atoms with E-state index in [1.54, 1.807) is 36.5 Å². The fraction of sp³-hybridized carbons (Fsp3) is 0.200. The second-order valence-electron chi connectivity index (χ2n) is 4.19. The molecule has 7 heteroatoms. The van der Waals surface area contributed by atoms with Crippen LogP contribution >= 0.6 is 27.5 Å². The Hall–Kier alpha value is -1.79. The number of carbonyl (C=O) groups is 1. The topological polar surface area (TPSA) is 57.7 Å². The average Bonchev–Trinajstić information content (AvgIpc) is 2.51. The van der Waals surface area contributed by atoms with E-state index < -0.39 is 0 Å². The van der Waals surface area contributed by atoms with Crippen molar-refractivity contribution in [1.29, 1.82) is 0 Å². The molecule has 22 heavy (non-hydrogen) atoms. The SMILES string of the molecule is COC(=O)CCOc1ccc(Oc2ncc(Br)cc2Cl)cc1. The van der Waals surface area contributed by atoms with Crippen molar-refractivity contribution in [2.45, 2.75) is 6.42 Å². The van der Waals surface area contributed by atoms with Gasteiger partial charge >= 0.3 is 5.97 Å². The Balaban J connectivity index is 1.92. The van der Waals surface area contributed by atoms with Crippen LogP contribution in [-0.2, 0) is 9.53 Å². The number of carbonyl (C=O) groups excluding carboxylic acids is 1. The number of pyridine rings is 1. The lowest BCUT2D eigenvalue weighted by molar-refractivity contribution is -0.141. The van der Waals surface area contributed by atoms with Crippen molar-refractivity contribution in [3.05, 3.63) is 46.0 Å². The second kappa shape index (κ2) is 8.00. The molecule has 0 atom stereocenters. The molecule has 0 unspecified atom stereocenters. The number of hydrogen-bond acceptors (Lipinski definition) is 5. The van der Waals surface area contributed by atoms with Gasteiger partial charge in [0.15, 0.2) is 0 Å². The van der Waals surface area contributed by atoms with Gasteiger partial charge in [-0.3, -0.25) is 4.79 Å². The summed E-state index contributed by atoms with van der Waals surface area (Å²) in [5.74, 6) is 1.23. The van der Waals surface area contributed by atoms with Crippen LogP contribution in [0.3, 0.4) is 0 Å². The summed E-state index contributed by atoms with van der Waals surface area (Å²) >= 11 is 9.32. The Kier molecular flexibility index (Phi) is 6.03. The number of hydrogen-bond donors (Lipinski definition) is 0. The zero-order valence-electron chi connectivity index (χ0n) is 11.7. The molecule has 0 saturated carbocycles. The Labute approximate surface area is 141 Å². The summed E-state index contributed by atoms with van der Waals surface area (Å²) in [6.07, 6.45) is 1.80. The van der Waals surface area contributed by atoms with Crippen LogP contribution in [0.5, 0.6) is 17.4 Å². The molecule has 1 aromatic heterocycles. The van der Waals surface area contributed by atoms with Gasteiger partial charge in [0.1, 0.15) is 16.5 Å². The van der Waals surface area contributed by atoms with Crippen LogP contribution in [0.15, 0.2) is 41.0 Å². The Morgan fingerprint density at radius 3 is 2.59 bits per heavy atom. The zero-order chi connectivity index (χ0) is 15.9. The molecule has 0 aliphatic rings. The minimum Gasteiger partial charge on any atom is -0.493 e. The fourth-order valence-corrected chi connectivity index (χ4v) is 2.21. The van der Waals surface area contributed by atoms with Crippen molar-refractivity contribution in [3.63, 3.8) is 0 Å². The quantitative estimate of drug-likeness (QED) is 0.695. The summed E-state index contributed by atoms with van der Waals surface area (Å²) in [5, 5.41) is 0.410. The van der Waals surface area contributed by atoms with Crippen LogP contribution in [0.4, 0.5) is 0 Å². The van der Waals surface area contributed by atoms with E-state index >= 15 is 0 Å². The van der Waals surface area contributed by atoms with Crippen molar-refractivity contribution >= 4 is 33.5 Å². The molecule has 0 N–H and O–H groups in total. The normalized spacial score (nSPS) is 10.1. The summed E-state index contributed by atoms with van der Waals surface area (Å²) in [7, 11) is 1.34. The van der Waals surface area contributed by atoms with Gasteiger partial charge in [0.05, 0.1) is 20.1 Å². The number of aromatic nitrogens is 1. The summed E-state index contributed by atoms with van der Waals surface area (Å²) in [4.78, 5) is 15.1. The molecule has 0 fully saturated rings. The molecular formula is C15H13BrClNO4. The first-order valence-corrected chi connectivity index (χ1v) is 7.54. The highest BCUT2D eigenvalue weighted by molar-refractivity contribution is 9.10. The number of nitrogens with zero attached hydrogens (tertiary/aromatic N) is 1. The maximum atomic E-state index is 11.0. The number of esters is 1. The van der Waals surface area contributed by atoms with Crippen molar-refractivity contribution in [2.75, 3.05) is 13.7 Å². The molecule has 0 amide bonds. The van der Waals surface area contributed by atoms with E-state index in [1.807, 2.05) is 0 Å². The largest absolute Gasteiger partial charge is 0.493 e. The van der Waals surface area contributed by atoms with E-state index in [2.05, 4.69) is 25.7 Å². The fourth-order valence-electron chi connectivity index (χ4n) is 1.55. The van der Waals surface area contributed by atoms with Gasteiger partial charge in [-0.1, -0.05) is 11.6 Å². The van der Waals surface area contributed by atoms with Gasteiger partial charge < -0.3 is 14.2 Å². The summed E-state index contributed by atoms with van der Waals surface area (Å²) in [6.45, 7) is 0.257. The number of ether oxygens (including phenoxy) is 3. The van der Waals surface area contributed by atoms with E-state index in [9.17, 15) is 4.79 Å². The predicted molar refractivity (Wildman–Crippen MR) is 85.6 cm³/mol. The van der Waals surface area contributed by atoms with Gasteiger partial charge in [-0.2, -0.15) is 0 Å². The highest BCUT2D eigenvalue weighted by Crippen LogP contribution is 2.29. The Morgan fingerprint density at radius 1 is 1.27 bits per heavy atom. The summed E-state index contributed by atoms with van der Waals surface area (Å²) in [5.41, 5.74) is 0. The van der Waals surface area contributed by atoms with Crippen molar-refractivity contribution in [2.24, 2.45) is 0 Å². The van der Waals surface area contributed by atoms with Crippen molar-refractivity contribution in [1.82, 2.24) is 4.98 Å². The van der Waals surface area contributed by atoms with Gasteiger partial charge in [0.2, 0.25) is 5.88 Å². The lowest BCUT2D eigenvalue weighted by Gasteiger charge is -2.08. The predicted octanol–water partition coefficient (Wildman–Crippen LogP) is 4.23. The minimum atomic E-state index is -0.309. The van der Waals surface area contributed by atoms with Gasteiger partial charge in [0, 0.05) is 10.7 Å². The first-order chi connectivity index (χ1) is 10.6. The van der Waals surface area contributed by atoms with Crippen LogP contribution in [-0.4, -0.2) is 24.7 Å². The summed E-state index contributed by atoms with van der Waals surface area (Å²) < 4.78 is 16.3. The molecule has 0 spiro atoms. The third-order valence-electron chi connectivity index (χ3n) is 2.61. The van der Waals surface area contributed by atoms with E-state index in [0.717, 1.165) is 4.47 Å². The van der Waals surface area contributed by atoms with Gasteiger partial charge in [-0.15, -0.1) is 0 Å². The monoisotopic (exact) mass is 385 g/mol. The van der Waals surface area contributed by atoms with Gasteiger partial charge in [-0.05, 0) is 46.3 Å². The zero-order valence-corrected chi connectivity index (χ0v) is 14.1. The Morgan fingerprint density at radius 2 is 1.95 bits per heavy atom. The number of benzene rings is 1. The molecule has 1 heterocycles. The standard InChI is InChI=1S/C15H13BrClNO4/c1-20-14(19)6-7-21-11-2-4-12(5-3-11)22-15-13(17)8-10(16)9-18-15/h2-5,8-9H,6-7H2,1H3. The van der Waals surface area contributed by atoms with Crippen LogP contribution < -0.4 is 9.47 Å². The highest BCUT2D eigenvalue weighted by atomic mass is 79.9. The van der Waals surface area contributed by atoms with Gasteiger partial charge in [-0.25, -0.2) is 4.98 Å². The molecule has 0 aliphatic carbocycles. The molecule has 2 rings (SSSR count). The van der Waals surface area contributed by atoms with E-state index in [4.69, 9.17) is 21.1 Å². The second-order valence-corrected chi connectivity index (χ2v) is 5.51. The lowest BCUT2D eigenvalue weighted by atomic mass is 10.3. The first-order valence-electron chi connectivity index (χ1n) is 6.37. The highest BCUT2D eigenvalue weighted by Gasteiger charge is 2.06. The van der Waals surface area contributed by atoms with Crippen molar-refractivity contribution in [3.8, 4) is 17.4 Å². The maximum absolute atomic E-state index is 11.0. The van der Waals surface area contributed by atoms with Gasteiger partial charge in [0.25, 0.3) is 0 Å². The molecule has 0 radical (unpaired) electrons. The molecule has 0 aliphatic heterocycles. The number of methoxy groups -OCH3 is 1. The molecule has 5 nitrogen and oxygen atoms in total. The van der Waals surface area contributed by atoms with Crippen LogP contribution in [0.25, 0.3) is 0 Å².